The molecule has 0 aromatic carbocycles. The lowest BCUT2D eigenvalue weighted by atomic mass is 10.5. The quantitative estimate of drug-likeness (QED) is 0.286. The van der Waals surface area contributed by atoms with E-state index in [4.69, 9.17) is 5.73 Å². The van der Waals surface area contributed by atoms with Gasteiger partial charge in [-0.3, -0.25) is 5.73 Å². The zero-order valence-electron chi connectivity index (χ0n) is 6.45. The summed E-state index contributed by atoms with van der Waals surface area (Å²) >= 11 is 0. The molecular formula is C8H13NO2. The van der Waals surface area contributed by atoms with Gasteiger partial charge in [-0.15, -0.1) is 13.2 Å². The molecule has 11 heavy (non-hydrogen) atoms. The third-order valence-corrected chi connectivity index (χ3v) is 0.651. The fraction of sp³-hybridized carbons (Fsp3) is 0.125. The van der Waals surface area contributed by atoms with Crippen LogP contribution in [0.1, 0.15) is 0 Å². The van der Waals surface area contributed by atoms with Gasteiger partial charge in [0.05, 0.1) is 0 Å². The first-order chi connectivity index (χ1) is 5.20. The predicted molar refractivity (Wildman–Crippen MR) is 45.7 cm³/mol. The molecule has 3 heteroatoms. The lowest BCUT2D eigenvalue weighted by Crippen LogP contribution is -2.23. The summed E-state index contributed by atoms with van der Waals surface area (Å²) in [6, 6.07) is 0. The van der Waals surface area contributed by atoms with Crippen LogP contribution in [0.5, 0.6) is 0 Å². The van der Waals surface area contributed by atoms with Crippen LogP contribution in [0.3, 0.4) is 0 Å². The molecule has 0 rings (SSSR count). The molecule has 0 amide bonds. The summed E-state index contributed by atoms with van der Waals surface area (Å²) in [6.07, 6.45) is 1.64. The second-order valence-electron chi connectivity index (χ2n) is 1.34. The van der Waals surface area contributed by atoms with E-state index in [1.54, 1.807) is 0 Å². The molecule has 0 aromatic heterocycles. The van der Waals surface area contributed by atoms with Crippen molar-refractivity contribution in [3.8, 4) is 0 Å². The van der Waals surface area contributed by atoms with E-state index in [2.05, 4.69) is 31.1 Å². The maximum atomic E-state index is 10.3. The normalized spacial score (nSPS) is 9.91. The minimum Gasteiger partial charge on any atom is -0.440 e. The van der Waals surface area contributed by atoms with Crippen molar-refractivity contribution in [3.05, 3.63) is 38.5 Å². The minimum absolute atomic E-state index is 0.539. The fourth-order valence-corrected chi connectivity index (χ4v) is 0.230. The molecule has 1 unspecified atom stereocenters. The molecule has 2 N–H and O–H groups in total. The Kier molecular flexibility index (Phi) is 9.70. The summed E-state index contributed by atoms with van der Waals surface area (Å²) in [5, 5.41) is 0. The topological polar surface area (TPSA) is 52.3 Å². The number of ether oxygens (including phenoxy) is 1. The Balaban J connectivity index is 0. The van der Waals surface area contributed by atoms with Crippen LogP contribution in [0.2, 0.25) is 0 Å². The van der Waals surface area contributed by atoms with E-state index in [9.17, 15) is 4.79 Å². The molecular weight excluding hydrogens is 142 g/mol. The second kappa shape index (κ2) is 8.65. The van der Waals surface area contributed by atoms with Gasteiger partial charge < -0.3 is 4.74 Å². The Morgan fingerprint density at radius 2 is 1.91 bits per heavy atom. The smallest absolute Gasteiger partial charge is 0.331 e. The first kappa shape index (κ1) is 12.3. The Bertz CT molecular complexity index is 143. The Morgan fingerprint density at radius 3 is 2.18 bits per heavy atom. The van der Waals surface area contributed by atoms with Crippen LogP contribution in [0.25, 0.3) is 0 Å². The molecule has 0 saturated carbocycles. The number of hydrogen-bond acceptors (Lipinski definition) is 3. The average Bonchev–Trinajstić information content (AvgIpc) is 2.07. The highest BCUT2D eigenvalue weighted by Crippen LogP contribution is 1.84. The second-order valence-corrected chi connectivity index (χ2v) is 1.34. The van der Waals surface area contributed by atoms with E-state index in [1.807, 2.05) is 0 Å². The van der Waals surface area contributed by atoms with Crippen molar-refractivity contribution >= 4 is 5.97 Å². The highest BCUT2D eigenvalue weighted by molar-refractivity contribution is 5.81. The molecule has 0 aromatic rings. The lowest BCUT2D eigenvalue weighted by Gasteiger charge is -2.04. The maximum absolute atomic E-state index is 10.3. The van der Waals surface area contributed by atoms with Gasteiger partial charge in [0, 0.05) is 6.08 Å². The van der Waals surface area contributed by atoms with Gasteiger partial charge in [-0.25, -0.2) is 4.79 Å². The Hall–Kier alpha value is -1.35. The Labute approximate surface area is 66.8 Å². The summed E-state index contributed by atoms with van der Waals surface area (Å²) < 4.78 is 4.45. The van der Waals surface area contributed by atoms with E-state index in [1.165, 1.54) is 6.08 Å². The molecule has 0 bridgehead atoms. The van der Waals surface area contributed by atoms with E-state index >= 15 is 0 Å². The lowest BCUT2D eigenvalue weighted by molar-refractivity contribution is -0.140. The van der Waals surface area contributed by atoms with Crippen LogP contribution in [-0.4, -0.2) is 12.2 Å². The van der Waals surface area contributed by atoms with Gasteiger partial charge in [0.2, 0.25) is 0 Å². The fourth-order valence-electron chi connectivity index (χ4n) is 0.230. The highest BCUT2D eigenvalue weighted by atomic mass is 16.5. The van der Waals surface area contributed by atoms with Gasteiger partial charge >= 0.3 is 5.97 Å². The zero-order valence-corrected chi connectivity index (χ0v) is 6.45. The molecule has 0 aliphatic carbocycles. The van der Waals surface area contributed by atoms with Crippen LogP contribution in [0.15, 0.2) is 38.5 Å². The molecule has 0 aliphatic heterocycles. The minimum atomic E-state index is -0.726. The van der Waals surface area contributed by atoms with Crippen LogP contribution in [-0.2, 0) is 9.53 Å². The standard InChI is InChI=1S/C6H9NO2.C2H4/c1-3-5(7)9-6(8)4-2;1-2/h3-5H,1-2,7H2;1-2H2. The van der Waals surface area contributed by atoms with Crippen LogP contribution in [0, 0.1) is 0 Å². The molecule has 62 valence electrons. The van der Waals surface area contributed by atoms with E-state index < -0.39 is 12.2 Å². The number of nitrogens with two attached hydrogens (primary N) is 1. The molecule has 0 radical (unpaired) electrons. The molecule has 0 spiro atoms. The van der Waals surface area contributed by atoms with E-state index in [0.29, 0.717) is 0 Å². The zero-order chi connectivity index (χ0) is 9.28. The molecule has 0 aliphatic rings. The number of hydrogen-bond donors (Lipinski definition) is 1. The molecule has 0 saturated heterocycles. The summed E-state index contributed by atoms with van der Waals surface area (Å²) in [4.78, 5) is 10.3. The van der Waals surface area contributed by atoms with Crippen molar-refractivity contribution in [2.45, 2.75) is 6.23 Å². The van der Waals surface area contributed by atoms with Gasteiger partial charge in [0.25, 0.3) is 0 Å². The highest BCUT2D eigenvalue weighted by Gasteiger charge is 1.98. The SMILES string of the molecule is C=C.C=CC(=O)OC(N)C=C. The van der Waals surface area contributed by atoms with Crippen molar-refractivity contribution in [2.24, 2.45) is 5.73 Å². The van der Waals surface area contributed by atoms with Crippen molar-refractivity contribution in [3.63, 3.8) is 0 Å². The van der Waals surface area contributed by atoms with E-state index in [-0.39, 0.29) is 0 Å². The maximum Gasteiger partial charge on any atom is 0.331 e. The monoisotopic (exact) mass is 155 g/mol. The summed E-state index contributed by atoms with van der Waals surface area (Å²) in [5.41, 5.74) is 5.14. The van der Waals surface area contributed by atoms with Crippen molar-refractivity contribution < 1.29 is 9.53 Å². The van der Waals surface area contributed by atoms with Gasteiger partial charge in [0.15, 0.2) is 6.23 Å². The average molecular weight is 155 g/mol. The summed E-state index contributed by atoms with van der Waals surface area (Å²) in [7, 11) is 0. The molecule has 3 nitrogen and oxygen atoms in total. The number of carbonyl (C=O) groups excluding carboxylic acids is 1. The van der Waals surface area contributed by atoms with Crippen LogP contribution < -0.4 is 5.73 Å². The number of rotatable bonds is 3. The van der Waals surface area contributed by atoms with Crippen LogP contribution in [0.4, 0.5) is 0 Å². The van der Waals surface area contributed by atoms with Crippen molar-refractivity contribution in [1.82, 2.24) is 0 Å². The molecule has 0 heterocycles. The summed E-state index contributed by atoms with van der Waals surface area (Å²) in [6.45, 7) is 12.5. The molecule has 0 fully saturated rings. The molecule has 1 atom stereocenters. The van der Waals surface area contributed by atoms with Crippen LogP contribution >= 0.6 is 0 Å². The van der Waals surface area contributed by atoms with Crippen molar-refractivity contribution in [1.29, 1.82) is 0 Å². The van der Waals surface area contributed by atoms with Crippen molar-refractivity contribution in [2.75, 3.05) is 0 Å². The summed E-state index contributed by atoms with van der Waals surface area (Å²) in [5.74, 6) is -0.539. The predicted octanol–water partition coefficient (Wildman–Crippen LogP) is 0.989. The number of esters is 1. The largest absolute Gasteiger partial charge is 0.440 e. The van der Waals surface area contributed by atoms with Gasteiger partial charge in [-0.1, -0.05) is 13.2 Å². The number of carbonyl (C=O) groups is 1. The van der Waals surface area contributed by atoms with E-state index in [0.717, 1.165) is 6.08 Å². The van der Waals surface area contributed by atoms with Gasteiger partial charge in [-0.2, -0.15) is 0 Å². The first-order valence-electron chi connectivity index (χ1n) is 2.92. The van der Waals surface area contributed by atoms with Gasteiger partial charge in [-0.05, 0) is 6.08 Å². The third-order valence-electron chi connectivity index (χ3n) is 0.651. The third kappa shape index (κ3) is 8.65. The van der Waals surface area contributed by atoms with Gasteiger partial charge in [0.1, 0.15) is 0 Å². The first-order valence-corrected chi connectivity index (χ1v) is 2.92. The Morgan fingerprint density at radius 1 is 1.45 bits per heavy atom.